The van der Waals surface area contributed by atoms with E-state index >= 15 is 0 Å². The average molecular weight is 317 g/mol. The van der Waals surface area contributed by atoms with Crippen molar-refractivity contribution in [2.45, 2.75) is 36.6 Å². The van der Waals surface area contributed by atoms with Crippen LogP contribution in [0.5, 0.6) is 0 Å². The smallest absolute Gasteiger partial charge is 0.325 e. The number of rotatable bonds is 8. The van der Waals surface area contributed by atoms with E-state index < -0.39 is 17.2 Å². The lowest BCUT2D eigenvalue weighted by molar-refractivity contribution is -0.148. The number of benzene rings is 1. The van der Waals surface area contributed by atoms with Gasteiger partial charge in [0.1, 0.15) is 17.2 Å². The molecule has 3 nitrogen and oxygen atoms in total. The molecule has 0 heterocycles. The highest BCUT2D eigenvalue weighted by atomic mass is 32.2. The summed E-state index contributed by atoms with van der Waals surface area (Å²) in [6.07, 6.45) is 2.22. The Labute approximate surface area is 128 Å². The molecule has 0 amide bonds. The van der Waals surface area contributed by atoms with Gasteiger partial charge >= 0.3 is 5.97 Å². The summed E-state index contributed by atoms with van der Waals surface area (Å²) >= 11 is 1.28. The van der Waals surface area contributed by atoms with E-state index in [1.54, 1.807) is 14.0 Å². The van der Waals surface area contributed by atoms with Gasteiger partial charge in [-0.2, -0.15) is 0 Å². The summed E-state index contributed by atoms with van der Waals surface area (Å²) in [4.78, 5) is 12.0. The van der Waals surface area contributed by atoms with Crippen molar-refractivity contribution in [2.75, 3.05) is 19.9 Å². The summed E-state index contributed by atoms with van der Waals surface area (Å²) in [5.74, 6) is -0.473. The Kier molecular flexibility index (Phi) is 7.11. The summed E-state index contributed by atoms with van der Waals surface area (Å²) in [5.41, 5.74) is -0.705. The van der Waals surface area contributed by atoms with Crippen molar-refractivity contribution in [3.8, 4) is 0 Å². The zero-order chi connectivity index (χ0) is 15.9. The first-order chi connectivity index (χ1) is 9.92. The zero-order valence-electron chi connectivity index (χ0n) is 12.5. The van der Waals surface area contributed by atoms with Crippen molar-refractivity contribution in [2.24, 2.45) is 0 Å². The second-order valence-corrected chi connectivity index (χ2v) is 6.09. The molecule has 0 spiro atoms. The number of carbonyl (C=O) groups is 1. The van der Waals surface area contributed by atoms with Gasteiger partial charge in [-0.05, 0) is 50.8 Å². The maximum atomic E-state index is 13.4. The van der Waals surface area contributed by atoms with Crippen LogP contribution >= 0.6 is 11.8 Å². The third kappa shape index (κ3) is 5.28. The van der Waals surface area contributed by atoms with Gasteiger partial charge in [0.25, 0.3) is 0 Å². The summed E-state index contributed by atoms with van der Waals surface area (Å²) < 4.78 is 31.2. The van der Waals surface area contributed by atoms with E-state index in [9.17, 15) is 13.6 Å². The van der Waals surface area contributed by atoms with E-state index in [1.165, 1.54) is 24.9 Å². The molecule has 1 N–H and O–H groups in total. The Morgan fingerprint density at radius 3 is 2.71 bits per heavy atom. The Balaban J connectivity index is 2.37. The van der Waals surface area contributed by atoms with Gasteiger partial charge in [-0.3, -0.25) is 4.79 Å². The van der Waals surface area contributed by atoms with Crippen LogP contribution in [-0.4, -0.2) is 31.4 Å². The van der Waals surface area contributed by atoms with Gasteiger partial charge < -0.3 is 10.1 Å². The molecule has 0 fully saturated rings. The van der Waals surface area contributed by atoms with Crippen LogP contribution in [0.25, 0.3) is 0 Å². The Bertz CT molecular complexity index is 485. The minimum Gasteiger partial charge on any atom is -0.468 e. The molecule has 0 aromatic heterocycles. The number of nitrogens with one attached hydrogen (secondary N) is 1. The SMILES string of the molecule is CNC(C)(CCCCSc1cc(F)ccc1F)C(=O)OC. The van der Waals surface area contributed by atoms with Crippen molar-refractivity contribution in [1.82, 2.24) is 5.32 Å². The number of esters is 1. The first-order valence-corrected chi connectivity index (χ1v) is 7.76. The first kappa shape index (κ1) is 17.9. The molecule has 1 rings (SSSR count). The van der Waals surface area contributed by atoms with Crippen LogP contribution in [-0.2, 0) is 9.53 Å². The number of hydrogen-bond acceptors (Lipinski definition) is 4. The topological polar surface area (TPSA) is 38.3 Å². The molecule has 1 atom stereocenters. The fraction of sp³-hybridized carbons (Fsp3) is 0.533. The number of thioether (sulfide) groups is 1. The number of unbranched alkanes of at least 4 members (excludes halogenated alkanes) is 1. The van der Waals surface area contributed by atoms with Crippen molar-refractivity contribution in [3.05, 3.63) is 29.8 Å². The molecule has 21 heavy (non-hydrogen) atoms. The van der Waals surface area contributed by atoms with E-state index in [0.717, 1.165) is 25.0 Å². The Morgan fingerprint density at radius 1 is 1.38 bits per heavy atom. The van der Waals surface area contributed by atoms with Crippen LogP contribution in [0, 0.1) is 11.6 Å². The van der Waals surface area contributed by atoms with Crippen LogP contribution in [0.1, 0.15) is 26.2 Å². The van der Waals surface area contributed by atoms with Crippen LogP contribution in [0.15, 0.2) is 23.1 Å². The van der Waals surface area contributed by atoms with Gasteiger partial charge in [-0.25, -0.2) is 8.78 Å². The van der Waals surface area contributed by atoms with Crippen molar-refractivity contribution in [1.29, 1.82) is 0 Å². The quantitative estimate of drug-likeness (QED) is 0.453. The molecule has 0 bridgehead atoms. The molecule has 1 aromatic carbocycles. The maximum absolute atomic E-state index is 13.4. The van der Waals surface area contributed by atoms with Gasteiger partial charge in [0, 0.05) is 4.90 Å². The normalized spacial score (nSPS) is 13.8. The molecule has 0 aliphatic rings. The highest BCUT2D eigenvalue weighted by molar-refractivity contribution is 7.99. The lowest BCUT2D eigenvalue weighted by Crippen LogP contribution is -2.48. The zero-order valence-corrected chi connectivity index (χ0v) is 13.4. The molecule has 118 valence electrons. The second-order valence-electron chi connectivity index (χ2n) is 4.95. The predicted octanol–water partition coefficient (Wildman–Crippen LogP) is 3.38. The molecule has 0 saturated heterocycles. The van der Waals surface area contributed by atoms with E-state index in [1.807, 2.05) is 0 Å². The Morgan fingerprint density at radius 2 is 2.10 bits per heavy atom. The fourth-order valence-electron chi connectivity index (χ4n) is 1.90. The van der Waals surface area contributed by atoms with Crippen molar-refractivity contribution in [3.63, 3.8) is 0 Å². The summed E-state index contributed by atoms with van der Waals surface area (Å²) in [7, 11) is 3.08. The molecule has 0 aliphatic carbocycles. The minimum atomic E-state index is -0.705. The lowest BCUT2D eigenvalue weighted by Gasteiger charge is -2.25. The summed E-state index contributed by atoms with van der Waals surface area (Å²) in [5, 5.41) is 2.96. The van der Waals surface area contributed by atoms with Crippen molar-refractivity contribution >= 4 is 17.7 Å². The molecule has 0 aliphatic heterocycles. The van der Waals surface area contributed by atoms with Crippen LogP contribution in [0.2, 0.25) is 0 Å². The van der Waals surface area contributed by atoms with E-state index in [4.69, 9.17) is 4.74 Å². The number of ether oxygens (including phenoxy) is 1. The largest absolute Gasteiger partial charge is 0.468 e. The Hall–Kier alpha value is -1.14. The average Bonchev–Trinajstić information content (AvgIpc) is 2.49. The molecule has 6 heteroatoms. The minimum absolute atomic E-state index is 0.297. The number of halogens is 2. The highest BCUT2D eigenvalue weighted by Gasteiger charge is 2.31. The fourth-order valence-corrected chi connectivity index (χ4v) is 2.88. The predicted molar refractivity (Wildman–Crippen MR) is 80.4 cm³/mol. The number of hydrogen-bond donors (Lipinski definition) is 1. The molecule has 0 radical (unpaired) electrons. The number of carbonyl (C=O) groups excluding carboxylic acids is 1. The van der Waals surface area contributed by atoms with Gasteiger partial charge in [-0.15, -0.1) is 11.8 Å². The second kappa shape index (κ2) is 8.34. The van der Waals surface area contributed by atoms with E-state index in [0.29, 0.717) is 17.1 Å². The third-order valence-electron chi connectivity index (χ3n) is 3.41. The van der Waals surface area contributed by atoms with Gasteiger partial charge in [0.15, 0.2) is 0 Å². The number of methoxy groups -OCH3 is 1. The van der Waals surface area contributed by atoms with E-state index in [-0.39, 0.29) is 5.97 Å². The molecular formula is C15H21F2NO2S. The van der Waals surface area contributed by atoms with Crippen LogP contribution < -0.4 is 5.32 Å². The van der Waals surface area contributed by atoms with Gasteiger partial charge in [0.2, 0.25) is 0 Å². The first-order valence-electron chi connectivity index (χ1n) is 6.78. The number of likely N-dealkylation sites (N-methyl/N-ethyl adjacent to an activating group) is 1. The van der Waals surface area contributed by atoms with Gasteiger partial charge in [0.05, 0.1) is 7.11 Å². The molecule has 1 unspecified atom stereocenters. The van der Waals surface area contributed by atoms with Gasteiger partial charge in [-0.1, -0.05) is 6.42 Å². The summed E-state index contributed by atoms with van der Waals surface area (Å²) in [6.45, 7) is 1.79. The lowest BCUT2D eigenvalue weighted by atomic mass is 9.95. The van der Waals surface area contributed by atoms with Crippen LogP contribution in [0.4, 0.5) is 8.78 Å². The molecule has 1 aromatic rings. The third-order valence-corrected chi connectivity index (χ3v) is 4.53. The molecular weight excluding hydrogens is 296 g/mol. The standard InChI is InChI=1S/C15H21F2NO2S/c1-15(18-2,14(19)20-3)8-4-5-9-21-13-10-11(16)6-7-12(13)17/h6-7,10,18H,4-5,8-9H2,1-3H3. The molecule has 0 saturated carbocycles. The maximum Gasteiger partial charge on any atom is 0.325 e. The monoisotopic (exact) mass is 317 g/mol. The van der Waals surface area contributed by atoms with Crippen molar-refractivity contribution < 1.29 is 18.3 Å². The van der Waals surface area contributed by atoms with Crippen LogP contribution in [0.3, 0.4) is 0 Å². The summed E-state index contributed by atoms with van der Waals surface area (Å²) in [6, 6.07) is 3.44. The highest BCUT2D eigenvalue weighted by Crippen LogP contribution is 2.24. The van der Waals surface area contributed by atoms with E-state index in [2.05, 4.69) is 5.32 Å².